The smallest absolute Gasteiger partial charge is 0.0949 e. The lowest BCUT2D eigenvalue weighted by molar-refractivity contribution is 0.0470. The number of benzene rings is 1. The molecule has 0 saturated heterocycles. The van der Waals surface area contributed by atoms with Crippen LogP contribution in [0.1, 0.15) is 37.5 Å². The summed E-state index contributed by atoms with van der Waals surface area (Å²) in [5.74, 6) is 0.697. The number of likely N-dealkylation sites (N-methyl/N-ethyl adjacent to an activating group) is 1. The lowest BCUT2D eigenvalue weighted by Crippen LogP contribution is -2.20. The average Bonchev–Trinajstić information content (AvgIpc) is 2.27. The van der Waals surface area contributed by atoms with Gasteiger partial charge >= 0.3 is 0 Å². The first-order chi connectivity index (χ1) is 8.13. The van der Waals surface area contributed by atoms with Crippen LogP contribution < -0.4 is 5.32 Å². The lowest BCUT2D eigenvalue weighted by atomic mass is 10.1. The van der Waals surface area contributed by atoms with Gasteiger partial charge in [0.25, 0.3) is 0 Å². The van der Waals surface area contributed by atoms with E-state index in [0.29, 0.717) is 5.92 Å². The molecule has 1 N–H and O–H groups in total. The average molecular weight is 235 g/mol. The van der Waals surface area contributed by atoms with E-state index in [-0.39, 0.29) is 6.10 Å². The van der Waals surface area contributed by atoms with Crippen molar-refractivity contribution in [3.8, 4) is 0 Å². The molecule has 96 valence electrons. The van der Waals surface area contributed by atoms with Crippen molar-refractivity contribution >= 4 is 0 Å². The van der Waals surface area contributed by atoms with Gasteiger partial charge in [-0.1, -0.05) is 43.7 Å². The Kier molecular flexibility index (Phi) is 6.23. The minimum atomic E-state index is 0.165. The van der Waals surface area contributed by atoms with Crippen molar-refractivity contribution < 1.29 is 4.74 Å². The topological polar surface area (TPSA) is 21.3 Å². The number of nitrogens with one attached hydrogen (secondary N) is 1. The first-order valence-electron chi connectivity index (χ1n) is 6.46. The third kappa shape index (κ3) is 5.33. The minimum Gasteiger partial charge on any atom is -0.372 e. The lowest BCUT2D eigenvalue weighted by Gasteiger charge is -2.19. The third-order valence-corrected chi connectivity index (χ3v) is 2.82. The molecular weight excluding hydrogens is 210 g/mol. The van der Waals surface area contributed by atoms with E-state index in [1.165, 1.54) is 11.1 Å². The molecule has 1 rings (SSSR count). The Balaban J connectivity index is 2.58. The van der Waals surface area contributed by atoms with Gasteiger partial charge in [0.1, 0.15) is 0 Å². The molecule has 0 aliphatic rings. The van der Waals surface area contributed by atoms with E-state index in [9.17, 15) is 0 Å². The summed E-state index contributed by atoms with van der Waals surface area (Å²) in [6, 6.07) is 8.56. The highest BCUT2D eigenvalue weighted by Gasteiger charge is 2.11. The van der Waals surface area contributed by atoms with Gasteiger partial charge < -0.3 is 10.1 Å². The summed E-state index contributed by atoms with van der Waals surface area (Å²) >= 11 is 0. The predicted molar refractivity (Wildman–Crippen MR) is 73.3 cm³/mol. The second kappa shape index (κ2) is 7.46. The Bertz CT molecular complexity index is 322. The fraction of sp³-hybridized carbons (Fsp3) is 0.600. The molecule has 0 aliphatic carbocycles. The number of aryl methyl sites for hydroxylation is 1. The van der Waals surface area contributed by atoms with Gasteiger partial charge in [-0.2, -0.15) is 0 Å². The van der Waals surface area contributed by atoms with Crippen LogP contribution >= 0.6 is 0 Å². The second-order valence-corrected chi connectivity index (χ2v) is 5.01. The number of rotatable bonds is 7. The van der Waals surface area contributed by atoms with Crippen LogP contribution in [-0.4, -0.2) is 20.2 Å². The van der Waals surface area contributed by atoms with Crippen molar-refractivity contribution in [1.29, 1.82) is 0 Å². The quantitative estimate of drug-likeness (QED) is 0.783. The zero-order chi connectivity index (χ0) is 12.7. The largest absolute Gasteiger partial charge is 0.372 e. The third-order valence-electron chi connectivity index (χ3n) is 2.82. The van der Waals surface area contributed by atoms with Crippen LogP contribution in [0.4, 0.5) is 0 Å². The van der Waals surface area contributed by atoms with E-state index in [4.69, 9.17) is 4.74 Å². The second-order valence-electron chi connectivity index (χ2n) is 5.01. The van der Waals surface area contributed by atoms with Crippen LogP contribution in [0.2, 0.25) is 0 Å². The first-order valence-corrected chi connectivity index (χ1v) is 6.46. The van der Waals surface area contributed by atoms with Gasteiger partial charge in [0, 0.05) is 13.2 Å². The molecule has 0 heterocycles. The van der Waals surface area contributed by atoms with Crippen molar-refractivity contribution in [2.75, 3.05) is 20.2 Å². The first kappa shape index (κ1) is 14.2. The Morgan fingerprint density at radius 1 is 1.29 bits per heavy atom. The van der Waals surface area contributed by atoms with Crippen molar-refractivity contribution in [2.45, 2.75) is 33.3 Å². The molecule has 1 unspecified atom stereocenters. The van der Waals surface area contributed by atoms with Gasteiger partial charge in [0.05, 0.1) is 6.10 Å². The van der Waals surface area contributed by atoms with Gasteiger partial charge in [0.15, 0.2) is 0 Å². The number of hydrogen-bond acceptors (Lipinski definition) is 2. The summed E-state index contributed by atoms with van der Waals surface area (Å²) in [7, 11) is 1.97. The molecule has 0 amide bonds. The Labute approximate surface area is 105 Å². The summed E-state index contributed by atoms with van der Waals surface area (Å²) in [6.45, 7) is 8.26. The Morgan fingerprint density at radius 2 is 2.06 bits per heavy atom. The van der Waals surface area contributed by atoms with Crippen LogP contribution in [-0.2, 0) is 4.74 Å². The molecule has 0 aromatic heterocycles. The molecular formula is C15H25NO. The molecule has 2 nitrogen and oxygen atoms in total. The molecule has 1 aromatic rings. The van der Waals surface area contributed by atoms with E-state index in [1.807, 2.05) is 7.05 Å². The van der Waals surface area contributed by atoms with Gasteiger partial charge in [0.2, 0.25) is 0 Å². The summed E-state index contributed by atoms with van der Waals surface area (Å²) in [5, 5.41) is 3.20. The van der Waals surface area contributed by atoms with Crippen LogP contribution in [0.25, 0.3) is 0 Å². The van der Waals surface area contributed by atoms with Crippen molar-refractivity contribution in [1.82, 2.24) is 5.32 Å². The van der Waals surface area contributed by atoms with Gasteiger partial charge in [-0.25, -0.2) is 0 Å². The fourth-order valence-electron chi connectivity index (χ4n) is 1.77. The fourth-order valence-corrected chi connectivity index (χ4v) is 1.77. The van der Waals surface area contributed by atoms with Crippen LogP contribution in [0.3, 0.4) is 0 Å². The predicted octanol–water partition coefficient (Wildman–Crippen LogP) is 3.32. The Morgan fingerprint density at radius 3 is 2.65 bits per heavy atom. The van der Waals surface area contributed by atoms with Crippen LogP contribution in [0, 0.1) is 12.8 Å². The van der Waals surface area contributed by atoms with Gasteiger partial charge in [-0.15, -0.1) is 0 Å². The maximum absolute atomic E-state index is 5.97. The van der Waals surface area contributed by atoms with Gasteiger partial charge in [-0.3, -0.25) is 0 Å². The van der Waals surface area contributed by atoms with Crippen LogP contribution in [0.15, 0.2) is 24.3 Å². The highest BCUT2D eigenvalue weighted by molar-refractivity contribution is 5.24. The SMILES string of the molecule is CNCC(OCCC(C)C)c1cccc(C)c1. The number of ether oxygens (including phenoxy) is 1. The highest BCUT2D eigenvalue weighted by atomic mass is 16.5. The zero-order valence-corrected chi connectivity index (χ0v) is 11.5. The number of hydrogen-bond donors (Lipinski definition) is 1. The summed E-state index contributed by atoms with van der Waals surface area (Å²) in [5.41, 5.74) is 2.55. The molecule has 1 atom stereocenters. The van der Waals surface area contributed by atoms with E-state index in [0.717, 1.165) is 19.6 Å². The van der Waals surface area contributed by atoms with Crippen LogP contribution in [0.5, 0.6) is 0 Å². The molecule has 0 saturated carbocycles. The monoisotopic (exact) mass is 235 g/mol. The Hall–Kier alpha value is -0.860. The molecule has 0 radical (unpaired) electrons. The zero-order valence-electron chi connectivity index (χ0n) is 11.5. The van der Waals surface area contributed by atoms with E-state index >= 15 is 0 Å². The normalized spacial score (nSPS) is 13.0. The highest BCUT2D eigenvalue weighted by Crippen LogP contribution is 2.18. The molecule has 0 spiro atoms. The van der Waals surface area contributed by atoms with Crippen molar-refractivity contribution in [3.05, 3.63) is 35.4 Å². The molecule has 0 bridgehead atoms. The van der Waals surface area contributed by atoms with E-state index < -0.39 is 0 Å². The van der Waals surface area contributed by atoms with E-state index in [1.54, 1.807) is 0 Å². The molecule has 17 heavy (non-hydrogen) atoms. The summed E-state index contributed by atoms with van der Waals surface area (Å²) in [4.78, 5) is 0. The molecule has 0 aliphatic heterocycles. The summed E-state index contributed by atoms with van der Waals surface area (Å²) in [6.07, 6.45) is 1.28. The standard InChI is InChI=1S/C15H25NO/c1-12(2)8-9-17-15(11-16-4)14-7-5-6-13(3)10-14/h5-7,10,12,15-16H,8-9,11H2,1-4H3. The summed E-state index contributed by atoms with van der Waals surface area (Å²) < 4.78 is 5.97. The van der Waals surface area contributed by atoms with E-state index in [2.05, 4.69) is 50.4 Å². The molecule has 2 heteroatoms. The van der Waals surface area contributed by atoms with Crippen molar-refractivity contribution in [2.24, 2.45) is 5.92 Å². The molecule has 0 fully saturated rings. The maximum Gasteiger partial charge on any atom is 0.0949 e. The minimum absolute atomic E-state index is 0.165. The maximum atomic E-state index is 5.97. The molecule has 1 aromatic carbocycles. The van der Waals surface area contributed by atoms with Crippen molar-refractivity contribution in [3.63, 3.8) is 0 Å². The van der Waals surface area contributed by atoms with Gasteiger partial charge in [-0.05, 0) is 31.9 Å².